The van der Waals surface area contributed by atoms with Crippen molar-refractivity contribution in [3.63, 3.8) is 0 Å². The third kappa shape index (κ3) is 4.05. The molecule has 0 fully saturated rings. The number of nitro benzene ring substituents is 1. The number of aromatic nitrogens is 2. The van der Waals surface area contributed by atoms with Crippen LogP contribution < -0.4 is 9.47 Å². The van der Waals surface area contributed by atoms with Crippen LogP contribution in [-0.4, -0.2) is 21.7 Å². The lowest BCUT2D eigenvalue weighted by Gasteiger charge is -2.10. The van der Waals surface area contributed by atoms with E-state index in [1.165, 1.54) is 6.07 Å². The Morgan fingerprint density at radius 2 is 1.85 bits per heavy atom. The van der Waals surface area contributed by atoms with Gasteiger partial charge in [-0.15, -0.1) is 0 Å². The molecule has 0 amide bonds. The minimum atomic E-state index is -0.432. The van der Waals surface area contributed by atoms with E-state index in [4.69, 9.17) is 14.0 Å². The molecule has 0 N–H and O–H groups in total. The number of nitrogens with zero attached hydrogens (tertiary/aromatic N) is 3. The van der Waals surface area contributed by atoms with Gasteiger partial charge in [-0.05, 0) is 56.7 Å². The number of ether oxygens (including phenoxy) is 2. The molecule has 0 atom stereocenters. The third-order valence-electron chi connectivity index (χ3n) is 4.00. The van der Waals surface area contributed by atoms with Crippen molar-refractivity contribution in [1.82, 2.24) is 10.1 Å². The van der Waals surface area contributed by atoms with Crippen LogP contribution in [0.5, 0.6) is 11.5 Å². The molecule has 0 unspecified atom stereocenters. The van der Waals surface area contributed by atoms with Gasteiger partial charge in [-0.3, -0.25) is 10.1 Å². The Morgan fingerprint density at radius 3 is 2.52 bits per heavy atom. The Morgan fingerprint density at radius 1 is 1.11 bits per heavy atom. The van der Waals surface area contributed by atoms with Gasteiger partial charge in [0.05, 0.1) is 17.1 Å². The minimum absolute atomic E-state index is 0.0104. The highest BCUT2D eigenvalue weighted by molar-refractivity contribution is 5.55. The summed E-state index contributed by atoms with van der Waals surface area (Å²) in [4.78, 5) is 15.0. The van der Waals surface area contributed by atoms with Crippen molar-refractivity contribution in [2.45, 2.75) is 27.4 Å². The summed E-state index contributed by atoms with van der Waals surface area (Å²) in [5.41, 5.74) is 2.06. The van der Waals surface area contributed by atoms with Crippen LogP contribution >= 0.6 is 0 Å². The van der Waals surface area contributed by atoms with Gasteiger partial charge in [-0.25, -0.2) is 0 Å². The highest BCUT2D eigenvalue weighted by Crippen LogP contribution is 2.31. The molecule has 0 aliphatic carbocycles. The van der Waals surface area contributed by atoms with Crippen LogP contribution in [0.4, 0.5) is 5.69 Å². The van der Waals surface area contributed by atoms with E-state index in [2.05, 4.69) is 10.1 Å². The van der Waals surface area contributed by atoms with E-state index in [1.54, 1.807) is 13.0 Å². The SMILES string of the molecule is CCOc1ccc(-c2noc(COc3c(C)ccc([N+](=O)[O-])c3C)n2)cc1. The van der Waals surface area contributed by atoms with Gasteiger partial charge < -0.3 is 14.0 Å². The Hall–Kier alpha value is -3.42. The van der Waals surface area contributed by atoms with Crippen molar-refractivity contribution in [2.75, 3.05) is 6.61 Å². The fourth-order valence-electron chi connectivity index (χ4n) is 2.67. The second kappa shape index (κ2) is 7.86. The van der Waals surface area contributed by atoms with Crippen molar-refractivity contribution in [1.29, 1.82) is 0 Å². The predicted octanol–water partition coefficient (Wildman–Crippen LogP) is 4.24. The van der Waals surface area contributed by atoms with E-state index >= 15 is 0 Å². The first-order valence-electron chi connectivity index (χ1n) is 8.42. The fraction of sp³-hybridized carbons (Fsp3) is 0.263. The topological polar surface area (TPSA) is 101 Å². The van der Waals surface area contributed by atoms with Gasteiger partial charge in [0.25, 0.3) is 11.6 Å². The van der Waals surface area contributed by atoms with Gasteiger partial charge in [0.1, 0.15) is 11.5 Å². The molecule has 3 aromatic rings. The monoisotopic (exact) mass is 369 g/mol. The molecule has 8 nitrogen and oxygen atoms in total. The van der Waals surface area contributed by atoms with Gasteiger partial charge in [-0.1, -0.05) is 5.16 Å². The smallest absolute Gasteiger partial charge is 0.276 e. The molecule has 0 aliphatic rings. The van der Waals surface area contributed by atoms with Crippen LogP contribution in [0.15, 0.2) is 40.9 Å². The van der Waals surface area contributed by atoms with E-state index in [-0.39, 0.29) is 18.2 Å². The van der Waals surface area contributed by atoms with Crippen LogP contribution in [0.25, 0.3) is 11.4 Å². The van der Waals surface area contributed by atoms with E-state index < -0.39 is 4.92 Å². The molecule has 0 bridgehead atoms. The summed E-state index contributed by atoms with van der Waals surface area (Å²) < 4.78 is 16.4. The van der Waals surface area contributed by atoms with E-state index in [0.29, 0.717) is 23.7 Å². The lowest BCUT2D eigenvalue weighted by Crippen LogP contribution is -2.01. The highest BCUT2D eigenvalue weighted by Gasteiger charge is 2.18. The molecule has 1 heterocycles. The quantitative estimate of drug-likeness (QED) is 0.453. The number of nitro groups is 1. The average Bonchev–Trinajstić information content (AvgIpc) is 3.11. The van der Waals surface area contributed by atoms with Gasteiger partial charge >= 0.3 is 0 Å². The molecule has 140 valence electrons. The number of aryl methyl sites for hydroxylation is 1. The second-order valence-electron chi connectivity index (χ2n) is 5.87. The van der Waals surface area contributed by atoms with E-state index in [0.717, 1.165) is 16.9 Å². The second-order valence-corrected chi connectivity index (χ2v) is 5.87. The van der Waals surface area contributed by atoms with Gasteiger partial charge in [0, 0.05) is 11.6 Å². The Balaban J connectivity index is 1.73. The maximum atomic E-state index is 11.1. The zero-order valence-electron chi connectivity index (χ0n) is 15.3. The summed E-state index contributed by atoms with van der Waals surface area (Å²) >= 11 is 0. The van der Waals surface area contributed by atoms with Gasteiger partial charge in [0.2, 0.25) is 5.82 Å². The molecule has 0 aliphatic heterocycles. The van der Waals surface area contributed by atoms with E-state index in [9.17, 15) is 10.1 Å². The molecule has 2 aromatic carbocycles. The molecule has 27 heavy (non-hydrogen) atoms. The average molecular weight is 369 g/mol. The molecule has 0 saturated carbocycles. The summed E-state index contributed by atoms with van der Waals surface area (Å²) in [6.07, 6.45) is 0. The normalized spacial score (nSPS) is 10.6. The molecular weight excluding hydrogens is 350 g/mol. The van der Waals surface area contributed by atoms with Crippen molar-refractivity contribution in [3.8, 4) is 22.9 Å². The molecule has 0 spiro atoms. The number of benzene rings is 2. The van der Waals surface area contributed by atoms with Gasteiger partial charge in [-0.2, -0.15) is 4.98 Å². The molecule has 0 radical (unpaired) electrons. The highest BCUT2D eigenvalue weighted by atomic mass is 16.6. The predicted molar refractivity (Wildman–Crippen MR) is 97.8 cm³/mol. The largest absolute Gasteiger partial charge is 0.494 e. The zero-order chi connectivity index (χ0) is 19.4. The number of hydrogen-bond acceptors (Lipinski definition) is 7. The summed E-state index contributed by atoms with van der Waals surface area (Å²) in [6, 6.07) is 10.5. The van der Waals surface area contributed by atoms with Crippen LogP contribution in [0.1, 0.15) is 23.9 Å². The summed E-state index contributed by atoms with van der Waals surface area (Å²) in [5.74, 6) is 1.93. The molecule has 1 aromatic heterocycles. The van der Waals surface area contributed by atoms with E-state index in [1.807, 2.05) is 38.1 Å². The summed E-state index contributed by atoms with van der Waals surface area (Å²) in [6.45, 7) is 6.02. The van der Waals surface area contributed by atoms with Gasteiger partial charge in [0.15, 0.2) is 6.61 Å². The Labute approximate surface area is 155 Å². The minimum Gasteiger partial charge on any atom is -0.494 e. The fourth-order valence-corrected chi connectivity index (χ4v) is 2.67. The van der Waals surface area contributed by atoms with Crippen molar-refractivity contribution < 1.29 is 18.9 Å². The molecule has 0 saturated heterocycles. The zero-order valence-corrected chi connectivity index (χ0v) is 15.3. The first-order chi connectivity index (χ1) is 13.0. The lowest BCUT2D eigenvalue weighted by atomic mass is 10.1. The van der Waals surface area contributed by atoms with Crippen molar-refractivity contribution >= 4 is 5.69 Å². The third-order valence-corrected chi connectivity index (χ3v) is 4.00. The number of rotatable bonds is 7. The first kappa shape index (κ1) is 18.4. The standard InChI is InChI=1S/C19H19N3O5/c1-4-25-15-8-6-14(7-9-15)19-20-17(27-21-19)11-26-18-12(2)5-10-16(13(18)3)22(23)24/h5-10H,4,11H2,1-3H3. The maximum absolute atomic E-state index is 11.1. The maximum Gasteiger partial charge on any atom is 0.276 e. The van der Waals surface area contributed by atoms with Crippen LogP contribution in [0.2, 0.25) is 0 Å². The first-order valence-corrected chi connectivity index (χ1v) is 8.42. The van der Waals surface area contributed by atoms with Crippen molar-refractivity contribution in [3.05, 3.63) is 63.5 Å². The Kier molecular flexibility index (Phi) is 5.35. The summed E-state index contributed by atoms with van der Waals surface area (Å²) in [5, 5.41) is 15.0. The lowest BCUT2D eigenvalue weighted by molar-refractivity contribution is -0.385. The molecule has 8 heteroatoms. The van der Waals surface area contributed by atoms with Crippen LogP contribution in [0.3, 0.4) is 0 Å². The molecule has 3 rings (SSSR count). The van der Waals surface area contributed by atoms with Crippen LogP contribution in [-0.2, 0) is 6.61 Å². The Bertz CT molecular complexity index is 950. The van der Waals surface area contributed by atoms with Crippen molar-refractivity contribution in [2.24, 2.45) is 0 Å². The summed E-state index contributed by atoms with van der Waals surface area (Å²) in [7, 11) is 0. The number of hydrogen-bond donors (Lipinski definition) is 0. The van der Waals surface area contributed by atoms with Crippen LogP contribution in [0, 0.1) is 24.0 Å². The molecular formula is C19H19N3O5.